The van der Waals surface area contributed by atoms with E-state index in [0.717, 1.165) is 35.1 Å². The van der Waals surface area contributed by atoms with Gasteiger partial charge in [-0.1, -0.05) is 13.8 Å². The van der Waals surface area contributed by atoms with Crippen molar-refractivity contribution in [3.63, 3.8) is 0 Å². The second kappa shape index (κ2) is 4.00. The molecule has 0 radical (unpaired) electrons. The molecule has 1 aliphatic carbocycles. The Bertz CT molecular complexity index is 771. The van der Waals surface area contributed by atoms with Crippen LogP contribution in [0.15, 0.2) is 6.33 Å². The molecule has 1 unspecified atom stereocenters. The highest BCUT2D eigenvalue weighted by atomic mass is 32.1. The zero-order chi connectivity index (χ0) is 13.0. The highest BCUT2D eigenvalue weighted by molar-refractivity contribution is 7.19. The highest BCUT2D eigenvalue weighted by Gasteiger charge is 2.23. The SMILES string of the molecule is CCc1nnc2c3c4c(sc3ncn12)CC(C)CC4. The van der Waals surface area contributed by atoms with Crippen LogP contribution in [0, 0.1) is 5.92 Å². The Kier molecular flexibility index (Phi) is 2.39. The molecule has 4 rings (SSSR count). The lowest BCUT2D eigenvalue weighted by Crippen LogP contribution is -2.08. The second-order valence-electron chi connectivity index (χ2n) is 5.44. The first-order chi connectivity index (χ1) is 9.28. The van der Waals surface area contributed by atoms with E-state index < -0.39 is 0 Å². The Morgan fingerprint density at radius 3 is 3.16 bits per heavy atom. The average Bonchev–Trinajstić information content (AvgIpc) is 2.97. The fourth-order valence-corrected chi connectivity index (χ4v) is 4.37. The summed E-state index contributed by atoms with van der Waals surface area (Å²) >= 11 is 1.84. The molecule has 3 heterocycles. The van der Waals surface area contributed by atoms with E-state index in [9.17, 15) is 0 Å². The predicted octanol–water partition coefficient (Wildman–Crippen LogP) is 3.03. The maximum Gasteiger partial charge on any atom is 0.172 e. The topological polar surface area (TPSA) is 43.1 Å². The van der Waals surface area contributed by atoms with Gasteiger partial charge in [0, 0.05) is 11.3 Å². The molecule has 3 aromatic heterocycles. The molecule has 3 aromatic rings. The molecule has 0 spiro atoms. The van der Waals surface area contributed by atoms with E-state index >= 15 is 0 Å². The fourth-order valence-electron chi connectivity index (χ4n) is 3.02. The van der Waals surface area contributed by atoms with Crippen molar-refractivity contribution in [1.29, 1.82) is 0 Å². The summed E-state index contributed by atoms with van der Waals surface area (Å²) < 4.78 is 2.05. The average molecular weight is 272 g/mol. The number of aromatic nitrogens is 4. The smallest absolute Gasteiger partial charge is 0.172 e. The molecular weight excluding hydrogens is 256 g/mol. The lowest BCUT2D eigenvalue weighted by molar-refractivity contribution is 0.509. The largest absolute Gasteiger partial charge is 0.269 e. The van der Waals surface area contributed by atoms with Crippen LogP contribution in [0.3, 0.4) is 0 Å². The van der Waals surface area contributed by atoms with Gasteiger partial charge in [-0.25, -0.2) is 4.98 Å². The molecule has 0 amide bonds. The maximum absolute atomic E-state index is 4.62. The van der Waals surface area contributed by atoms with Gasteiger partial charge in [-0.2, -0.15) is 0 Å². The molecule has 0 N–H and O–H groups in total. The summed E-state index contributed by atoms with van der Waals surface area (Å²) in [5.41, 5.74) is 2.47. The van der Waals surface area contributed by atoms with Crippen LogP contribution in [0.1, 0.15) is 36.5 Å². The normalized spacial score (nSPS) is 19.2. The minimum Gasteiger partial charge on any atom is -0.269 e. The Morgan fingerprint density at radius 1 is 1.42 bits per heavy atom. The lowest BCUT2D eigenvalue weighted by Gasteiger charge is -2.17. The van der Waals surface area contributed by atoms with Crippen molar-refractivity contribution >= 4 is 27.2 Å². The standard InChI is InChI=1S/C14H16N4S/c1-3-11-16-17-13-12-9-5-4-8(2)6-10(9)19-14(12)15-7-18(11)13/h7-8H,3-6H2,1-2H3. The molecular formula is C14H16N4S. The van der Waals surface area contributed by atoms with Gasteiger partial charge in [-0.3, -0.25) is 4.40 Å². The molecule has 5 heteroatoms. The summed E-state index contributed by atoms with van der Waals surface area (Å²) in [6, 6.07) is 0. The zero-order valence-electron chi connectivity index (χ0n) is 11.2. The molecule has 0 aliphatic heterocycles. The van der Waals surface area contributed by atoms with Crippen molar-refractivity contribution < 1.29 is 0 Å². The summed E-state index contributed by atoms with van der Waals surface area (Å²) in [6.45, 7) is 4.44. The van der Waals surface area contributed by atoms with Crippen LogP contribution in [0.4, 0.5) is 0 Å². The molecule has 0 bridgehead atoms. The first kappa shape index (κ1) is 11.3. The third-order valence-electron chi connectivity index (χ3n) is 4.09. The molecule has 1 aliphatic rings. The first-order valence-corrected chi connectivity index (χ1v) is 7.72. The van der Waals surface area contributed by atoms with E-state index in [1.54, 1.807) is 0 Å². The number of thiophene rings is 1. The van der Waals surface area contributed by atoms with Crippen LogP contribution < -0.4 is 0 Å². The van der Waals surface area contributed by atoms with E-state index in [0.29, 0.717) is 0 Å². The van der Waals surface area contributed by atoms with Gasteiger partial charge in [0.25, 0.3) is 0 Å². The Hall–Kier alpha value is -1.49. The Labute approximate surface area is 115 Å². The fraction of sp³-hybridized carbons (Fsp3) is 0.500. The van der Waals surface area contributed by atoms with Gasteiger partial charge in [0.1, 0.15) is 17.0 Å². The van der Waals surface area contributed by atoms with Crippen molar-refractivity contribution in [2.24, 2.45) is 5.92 Å². The van der Waals surface area contributed by atoms with Crippen LogP contribution in [0.5, 0.6) is 0 Å². The minimum atomic E-state index is 0.792. The number of rotatable bonds is 1. The van der Waals surface area contributed by atoms with Crippen molar-refractivity contribution in [1.82, 2.24) is 19.6 Å². The van der Waals surface area contributed by atoms with Gasteiger partial charge in [0.05, 0.1) is 5.39 Å². The first-order valence-electron chi connectivity index (χ1n) is 6.90. The zero-order valence-corrected chi connectivity index (χ0v) is 12.0. The molecule has 4 nitrogen and oxygen atoms in total. The monoisotopic (exact) mass is 272 g/mol. The van der Waals surface area contributed by atoms with Crippen molar-refractivity contribution in [2.45, 2.75) is 39.5 Å². The van der Waals surface area contributed by atoms with Gasteiger partial charge in [-0.05, 0) is 30.7 Å². The molecule has 0 fully saturated rings. The van der Waals surface area contributed by atoms with Gasteiger partial charge in [-0.15, -0.1) is 21.5 Å². The molecule has 1 atom stereocenters. The summed E-state index contributed by atoms with van der Waals surface area (Å²) in [6.07, 6.45) is 6.39. The third-order valence-corrected chi connectivity index (χ3v) is 5.25. The van der Waals surface area contributed by atoms with E-state index in [1.165, 1.54) is 28.7 Å². The second-order valence-corrected chi connectivity index (χ2v) is 6.52. The van der Waals surface area contributed by atoms with Crippen LogP contribution in [0.2, 0.25) is 0 Å². The van der Waals surface area contributed by atoms with Crippen LogP contribution in [-0.2, 0) is 19.3 Å². The third kappa shape index (κ3) is 1.54. The van der Waals surface area contributed by atoms with E-state index in [-0.39, 0.29) is 0 Å². The minimum absolute atomic E-state index is 0.792. The van der Waals surface area contributed by atoms with Gasteiger partial charge >= 0.3 is 0 Å². The van der Waals surface area contributed by atoms with E-state index in [1.807, 2.05) is 22.1 Å². The lowest BCUT2D eigenvalue weighted by atomic mass is 9.89. The van der Waals surface area contributed by atoms with Crippen molar-refractivity contribution in [3.8, 4) is 0 Å². The number of hydrogen-bond acceptors (Lipinski definition) is 4. The van der Waals surface area contributed by atoms with Gasteiger partial charge in [0.2, 0.25) is 0 Å². The number of hydrogen-bond donors (Lipinski definition) is 0. The quantitative estimate of drug-likeness (QED) is 0.684. The maximum atomic E-state index is 4.62. The molecule has 0 aromatic carbocycles. The van der Waals surface area contributed by atoms with Crippen molar-refractivity contribution in [3.05, 3.63) is 22.6 Å². The van der Waals surface area contributed by atoms with Crippen LogP contribution in [-0.4, -0.2) is 19.6 Å². The summed E-state index contributed by atoms with van der Waals surface area (Å²) in [5, 5.41) is 9.93. The van der Waals surface area contributed by atoms with Crippen LogP contribution >= 0.6 is 11.3 Å². The summed E-state index contributed by atoms with van der Waals surface area (Å²) in [4.78, 5) is 7.26. The molecule has 0 saturated heterocycles. The summed E-state index contributed by atoms with van der Waals surface area (Å²) in [7, 11) is 0. The number of nitrogens with zero attached hydrogens (tertiary/aromatic N) is 4. The van der Waals surface area contributed by atoms with E-state index in [2.05, 4.69) is 29.0 Å². The number of aryl methyl sites for hydroxylation is 2. The van der Waals surface area contributed by atoms with Crippen molar-refractivity contribution in [2.75, 3.05) is 0 Å². The molecule has 19 heavy (non-hydrogen) atoms. The Balaban J connectivity index is 2.07. The highest BCUT2D eigenvalue weighted by Crippen LogP contribution is 2.38. The van der Waals surface area contributed by atoms with Gasteiger partial charge in [0.15, 0.2) is 5.65 Å². The summed E-state index contributed by atoms with van der Waals surface area (Å²) in [5.74, 6) is 1.79. The predicted molar refractivity (Wildman–Crippen MR) is 76.7 cm³/mol. The Morgan fingerprint density at radius 2 is 2.32 bits per heavy atom. The molecule has 98 valence electrons. The van der Waals surface area contributed by atoms with Crippen LogP contribution in [0.25, 0.3) is 15.9 Å². The number of fused-ring (bicyclic) bond motifs is 5. The van der Waals surface area contributed by atoms with Gasteiger partial charge < -0.3 is 0 Å². The van der Waals surface area contributed by atoms with E-state index in [4.69, 9.17) is 0 Å². The molecule has 0 saturated carbocycles.